The summed E-state index contributed by atoms with van der Waals surface area (Å²) in [6.45, 7) is 7.56. The number of carboxylic acid groups (broad SMARTS) is 1. The predicted molar refractivity (Wildman–Crippen MR) is 188 cm³/mol. The molecule has 0 spiro atoms. The molecule has 2 heterocycles. The van der Waals surface area contributed by atoms with Crippen LogP contribution < -0.4 is 5.32 Å². The Bertz CT molecular complexity index is 1880. The van der Waals surface area contributed by atoms with Crippen LogP contribution in [-0.4, -0.2) is 61.9 Å². The van der Waals surface area contributed by atoms with Gasteiger partial charge in [0.15, 0.2) is 5.54 Å². The molecule has 0 saturated heterocycles. The Labute approximate surface area is 305 Å². The van der Waals surface area contributed by atoms with Crippen molar-refractivity contribution in [2.24, 2.45) is 16.3 Å². The highest BCUT2D eigenvalue weighted by Gasteiger charge is 2.54. The molecule has 278 valence electrons. The number of aromatic carboxylic acids is 1. The lowest BCUT2D eigenvalue weighted by Gasteiger charge is -2.35. The summed E-state index contributed by atoms with van der Waals surface area (Å²) in [5.74, 6) is -2.39. The van der Waals surface area contributed by atoms with Gasteiger partial charge in [-0.15, -0.1) is 0 Å². The molecule has 5 rings (SSSR count). The summed E-state index contributed by atoms with van der Waals surface area (Å²) in [6.07, 6.45) is 3.74. The highest BCUT2D eigenvalue weighted by molar-refractivity contribution is 6.33. The fourth-order valence-corrected chi connectivity index (χ4v) is 6.28. The van der Waals surface area contributed by atoms with Crippen LogP contribution >= 0.6 is 11.6 Å². The number of carbonyl (C=O) groups excluding carboxylic acids is 3. The van der Waals surface area contributed by atoms with Gasteiger partial charge < -0.3 is 14.6 Å². The van der Waals surface area contributed by atoms with E-state index in [0.717, 1.165) is 12.8 Å². The maximum Gasteiger partial charge on any atom is 0.414 e. The Morgan fingerprint density at radius 2 is 1.73 bits per heavy atom. The van der Waals surface area contributed by atoms with Crippen molar-refractivity contribution in [1.82, 2.24) is 20.0 Å². The van der Waals surface area contributed by atoms with Gasteiger partial charge in [-0.05, 0) is 80.2 Å². The number of benzene rings is 2. The molecule has 0 unspecified atom stereocenters. The second-order valence-electron chi connectivity index (χ2n) is 15.3. The first kappa shape index (κ1) is 38.4. The number of rotatable bonds is 11. The van der Waals surface area contributed by atoms with Crippen LogP contribution in [0.2, 0.25) is 5.02 Å². The van der Waals surface area contributed by atoms with Crippen LogP contribution in [0.4, 0.5) is 13.6 Å². The maximum atomic E-state index is 15.2. The number of aliphatic imine (C=N–C) groups is 1. The van der Waals surface area contributed by atoms with Gasteiger partial charge in [-0.1, -0.05) is 62.7 Å². The van der Waals surface area contributed by atoms with E-state index in [0.29, 0.717) is 21.4 Å². The third-order valence-electron chi connectivity index (χ3n) is 8.47. The number of esters is 1. The summed E-state index contributed by atoms with van der Waals surface area (Å²) in [7, 11) is 0. The number of nitrogens with one attached hydrogen (secondary N) is 1. The number of aromatic nitrogens is 2. The number of ether oxygens (including phenoxy) is 2. The fraction of sp³-hybridized carbons (Fsp3) is 0.459. The van der Waals surface area contributed by atoms with Crippen molar-refractivity contribution >= 4 is 41.5 Å². The summed E-state index contributed by atoms with van der Waals surface area (Å²) in [4.78, 5) is 59.6. The van der Waals surface area contributed by atoms with E-state index in [1.807, 2.05) is 20.8 Å². The van der Waals surface area contributed by atoms with Crippen LogP contribution in [0.5, 0.6) is 0 Å². The zero-order valence-corrected chi connectivity index (χ0v) is 30.5. The molecule has 0 bridgehead atoms. The number of alkyl halides is 2. The molecule has 1 aromatic heterocycles. The topological polar surface area (TPSA) is 152 Å². The molecule has 1 aliphatic carbocycles. The Morgan fingerprint density at radius 1 is 1.06 bits per heavy atom. The van der Waals surface area contributed by atoms with Gasteiger partial charge in [0.05, 0.1) is 22.8 Å². The highest BCUT2D eigenvalue weighted by atomic mass is 35.5. The Balaban J connectivity index is 1.65. The van der Waals surface area contributed by atoms with Crippen LogP contribution in [0.1, 0.15) is 101 Å². The van der Waals surface area contributed by atoms with Crippen LogP contribution in [0.25, 0.3) is 11.1 Å². The highest BCUT2D eigenvalue weighted by Crippen LogP contribution is 2.46. The van der Waals surface area contributed by atoms with Crippen LogP contribution in [0.15, 0.2) is 59.9 Å². The Hall–Kier alpha value is -4.85. The summed E-state index contributed by atoms with van der Waals surface area (Å²) >= 11 is 6.22. The number of hydrogen-bond donors (Lipinski definition) is 2. The first-order valence-corrected chi connectivity index (χ1v) is 17.2. The van der Waals surface area contributed by atoms with Gasteiger partial charge in [-0.3, -0.25) is 19.8 Å². The zero-order chi connectivity index (χ0) is 38.2. The number of nitrogens with zero attached hydrogens (tertiary/aromatic N) is 4. The fourth-order valence-electron chi connectivity index (χ4n) is 6.08. The number of carboxylic acids is 1. The van der Waals surface area contributed by atoms with E-state index in [1.165, 1.54) is 35.5 Å². The predicted octanol–water partition coefficient (Wildman–Crippen LogP) is 7.74. The van der Waals surface area contributed by atoms with E-state index in [1.54, 1.807) is 45.0 Å². The van der Waals surface area contributed by atoms with E-state index in [2.05, 4.69) is 10.4 Å². The van der Waals surface area contributed by atoms with Crippen molar-refractivity contribution in [2.75, 3.05) is 6.61 Å². The first-order valence-electron chi connectivity index (χ1n) is 16.8. The van der Waals surface area contributed by atoms with Gasteiger partial charge >= 0.3 is 24.6 Å². The van der Waals surface area contributed by atoms with Gasteiger partial charge in [0.25, 0.3) is 5.91 Å². The minimum Gasteiger partial charge on any atom is -0.478 e. The summed E-state index contributed by atoms with van der Waals surface area (Å²) in [5.41, 5.74) is -1.69. The molecule has 3 aromatic rings. The molecule has 52 heavy (non-hydrogen) atoms. The normalized spacial score (nSPS) is 18.3. The molecule has 2 amide bonds. The van der Waals surface area contributed by atoms with Crippen LogP contribution in [0.3, 0.4) is 0 Å². The van der Waals surface area contributed by atoms with Gasteiger partial charge in [0, 0.05) is 18.2 Å². The summed E-state index contributed by atoms with van der Waals surface area (Å²) < 4.78 is 38.3. The summed E-state index contributed by atoms with van der Waals surface area (Å²) in [5, 5.41) is 16.2. The van der Waals surface area contributed by atoms with E-state index < -0.39 is 59.7 Å². The van der Waals surface area contributed by atoms with Crippen molar-refractivity contribution < 1.29 is 42.5 Å². The average Bonchev–Trinajstić information content (AvgIpc) is 3.62. The minimum absolute atomic E-state index is 0.0458. The molecular formula is C37H42ClF2N5O7. The maximum absolute atomic E-state index is 15.2. The van der Waals surface area contributed by atoms with Gasteiger partial charge in [0.1, 0.15) is 12.2 Å². The van der Waals surface area contributed by atoms with Crippen molar-refractivity contribution in [3.05, 3.63) is 76.6 Å². The van der Waals surface area contributed by atoms with Gasteiger partial charge in [0.2, 0.25) is 5.96 Å². The van der Waals surface area contributed by atoms with Gasteiger partial charge in [-0.2, -0.15) is 13.9 Å². The molecule has 0 radical (unpaired) electrons. The summed E-state index contributed by atoms with van der Waals surface area (Å²) in [6, 6.07) is 9.66. The molecule has 15 heteroatoms. The number of carbonyl (C=O) groups is 4. The van der Waals surface area contributed by atoms with Crippen LogP contribution in [-0.2, 0) is 24.6 Å². The number of guanidine groups is 1. The third-order valence-corrected chi connectivity index (χ3v) is 8.80. The molecule has 12 nitrogen and oxygen atoms in total. The van der Waals surface area contributed by atoms with Crippen molar-refractivity contribution in [3.63, 3.8) is 0 Å². The zero-order valence-electron chi connectivity index (χ0n) is 29.8. The van der Waals surface area contributed by atoms with Gasteiger partial charge in [-0.25, -0.2) is 19.3 Å². The van der Waals surface area contributed by atoms with E-state index >= 15 is 4.79 Å². The smallest absolute Gasteiger partial charge is 0.414 e. The van der Waals surface area contributed by atoms with Crippen molar-refractivity contribution in [2.45, 2.75) is 91.0 Å². The Kier molecular flexibility index (Phi) is 10.8. The molecule has 1 fully saturated rings. The molecule has 1 aliphatic heterocycles. The number of amides is 2. The first-order chi connectivity index (χ1) is 24.3. The number of halogens is 3. The molecule has 2 N–H and O–H groups in total. The lowest BCUT2D eigenvalue weighted by atomic mass is 9.75. The SMILES string of the molecule is CC(C)(C)C[C@]1(c2ccc(-c3cnn(C(F)F)c3)cc2)N=C(NC(=O)OC(C)(C)C)N([C@H](COC(=O)CC2CC2)c2ccc(Cl)c(C(=O)O)c2)C1=O. The van der Waals surface area contributed by atoms with E-state index in [-0.39, 0.29) is 40.9 Å². The van der Waals surface area contributed by atoms with E-state index in [9.17, 15) is 28.3 Å². The van der Waals surface area contributed by atoms with Crippen molar-refractivity contribution in [3.8, 4) is 11.1 Å². The van der Waals surface area contributed by atoms with Crippen LogP contribution in [0, 0.1) is 11.3 Å². The Morgan fingerprint density at radius 3 is 2.29 bits per heavy atom. The largest absolute Gasteiger partial charge is 0.478 e. The lowest BCUT2D eigenvalue weighted by Crippen LogP contribution is -2.50. The standard InChI is InChI=1S/C37H42ClF2N5O7/c1-35(2,3)20-37(25-12-9-22(10-13-25)24-17-41-44(18-24)32(39)40)31(49)45(33(43-37)42-34(50)52-36(4,5)6)28(19-51-29(46)15-21-7-8-21)23-11-14-27(38)26(16-23)30(47)48/h9-14,16-18,21,28,32H,7-8,15,19-20H2,1-6H3,(H,47,48)(H,42,43,50)/t28-,37-/m1/s1. The number of hydrogen-bond acceptors (Lipinski definition) is 8. The minimum atomic E-state index is -2.82. The monoisotopic (exact) mass is 741 g/mol. The quantitative estimate of drug-likeness (QED) is 0.189. The second kappa shape index (κ2) is 14.6. The molecule has 2 aromatic carbocycles. The molecule has 2 atom stereocenters. The lowest BCUT2D eigenvalue weighted by molar-refractivity contribution is -0.148. The average molecular weight is 742 g/mol. The third kappa shape index (κ3) is 8.95. The van der Waals surface area contributed by atoms with E-state index in [4.69, 9.17) is 26.1 Å². The number of alkyl carbamates (subject to hydrolysis) is 1. The van der Waals surface area contributed by atoms with Crippen molar-refractivity contribution in [1.29, 1.82) is 0 Å². The molecule has 2 aliphatic rings. The molecule has 1 saturated carbocycles. The molecular weight excluding hydrogens is 700 g/mol. The second-order valence-corrected chi connectivity index (χ2v) is 15.7.